The van der Waals surface area contributed by atoms with Gasteiger partial charge in [-0.15, -0.1) is 6.42 Å². The van der Waals surface area contributed by atoms with Gasteiger partial charge in [-0.1, -0.05) is 42.7 Å². The number of amides is 1. The molecule has 1 aliphatic heterocycles. The Morgan fingerprint density at radius 2 is 2.03 bits per heavy atom. The van der Waals surface area contributed by atoms with E-state index in [1.807, 2.05) is 22.8 Å². The van der Waals surface area contributed by atoms with E-state index in [0.717, 1.165) is 35.0 Å². The number of nitrogens with zero attached hydrogens (tertiary/aromatic N) is 2. The fraction of sp³-hybridized carbons (Fsp3) is 0.304. The maximum Gasteiger partial charge on any atom is 0.252 e. The van der Waals surface area contributed by atoms with E-state index in [1.54, 1.807) is 0 Å². The van der Waals surface area contributed by atoms with Crippen LogP contribution < -0.4 is 14.3 Å². The van der Waals surface area contributed by atoms with Gasteiger partial charge in [0.15, 0.2) is 16.3 Å². The Kier molecular flexibility index (Phi) is 5.68. The van der Waals surface area contributed by atoms with E-state index in [2.05, 4.69) is 36.0 Å². The molecule has 2 heterocycles. The van der Waals surface area contributed by atoms with Crippen LogP contribution in [0.4, 0.5) is 0 Å². The fourth-order valence-electron chi connectivity index (χ4n) is 3.36. The maximum atomic E-state index is 12.6. The monoisotopic (exact) mass is 406 g/mol. The Hall–Kier alpha value is -3.04. The van der Waals surface area contributed by atoms with Crippen LogP contribution in [-0.4, -0.2) is 17.3 Å². The summed E-state index contributed by atoms with van der Waals surface area (Å²) >= 11 is 1.51. The summed E-state index contributed by atoms with van der Waals surface area (Å²) in [6, 6.07) is 11.9. The SMILES string of the molecule is C#CCn1c(=NC(=O)Cc2ccc3c(c2)OCO3)sc2cc(CCCC)ccc21. The summed E-state index contributed by atoms with van der Waals surface area (Å²) in [5.74, 6) is 3.82. The molecule has 5 nitrogen and oxygen atoms in total. The van der Waals surface area contributed by atoms with Gasteiger partial charge in [0.25, 0.3) is 5.91 Å². The summed E-state index contributed by atoms with van der Waals surface area (Å²) in [5.41, 5.74) is 3.16. The van der Waals surface area contributed by atoms with Gasteiger partial charge in [0.1, 0.15) is 0 Å². The zero-order valence-corrected chi connectivity index (χ0v) is 17.1. The van der Waals surface area contributed by atoms with Crippen LogP contribution >= 0.6 is 11.3 Å². The molecule has 0 aliphatic carbocycles. The lowest BCUT2D eigenvalue weighted by Crippen LogP contribution is -2.17. The Bertz CT molecular complexity index is 1170. The third kappa shape index (κ3) is 4.20. The molecule has 1 aromatic heterocycles. The largest absolute Gasteiger partial charge is 0.454 e. The molecule has 6 heteroatoms. The Labute approximate surface area is 173 Å². The lowest BCUT2D eigenvalue weighted by atomic mass is 10.1. The highest BCUT2D eigenvalue weighted by Crippen LogP contribution is 2.32. The molecule has 0 atom stereocenters. The molecule has 2 aromatic carbocycles. The minimum Gasteiger partial charge on any atom is -0.454 e. The number of aryl methyl sites for hydroxylation is 1. The molecule has 0 spiro atoms. The first kappa shape index (κ1) is 19.3. The van der Waals surface area contributed by atoms with Crippen molar-refractivity contribution < 1.29 is 14.3 Å². The van der Waals surface area contributed by atoms with E-state index < -0.39 is 0 Å². The highest BCUT2D eigenvalue weighted by Gasteiger charge is 2.15. The van der Waals surface area contributed by atoms with Crippen molar-refractivity contribution >= 4 is 27.5 Å². The molecule has 0 unspecified atom stereocenters. The molecule has 0 saturated heterocycles. The van der Waals surface area contributed by atoms with E-state index in [1.165, 1.54) is 16.9 Å². The predicted octanol–water partition coefficient (Wildman–Crippen LogP) is 4.08. The van der Waals surface area contributed by atoms with Gasteiger partial charge in [-0.05, 0) is 48.2 Å². The molecular weight excluding hydrogens is 384 g/mol. The standard InChI is InChI=1S/C23H22N2O3S/c1-3-5-6-16-7-9-18-21(13-16)29-23(25(18)11-4-2)24-22(26)14-17-8-10-19-20(12-17)28-15-27-19/h2,7-10,12-13H,3,5-6,11,14-15H2,1H3. The Morgan fingerprint density at radius 1 is 1.21 bits per heavy atom. The highest BCUT2D eigenvalue weighted by atomic mass is 32.1. The van der Waals surface area contributed by atoms with E-state index in [0.29, 0.717) is 22.8 Å². The van der Waals surface area contributed by atoms with Crippen molar-refractivity contribution in [2.45, 2.75) is 39.2 Å². The minimum atomic E-state index is -0.215. The molecule has 0 saturated carbocycles. The number of carbonyl (C=O) groups is 1. The smallest absolute Gasteiger partial charge is 0.252 e. The zero-order valence-electron chi connectivity index (χ0n) is 16.3. The first-order chi connectivity index (χ1) is 14.2. The number of thiazole rings is 1. The first-order valence-corrected chi connectivity index (χ1v) is 10.5. The number of unbranched alkanes of at least 4 members (excludes halogenated alkanes) is 1. The molecule has 148 valence electrons. The fourth-order valence-corrected chi connectivity index (χ4v) is 4.47. The lowest BCUT2D eigenvalue weighted by molar-refractivity contribution is -0.117. The molecule has 29 heavy (non-hydrogen) atoms. The number of benzene rings is 2. The van der Waals surface area contributed by atoms with Crippen LogP contribution in [0.5, 0.6) is 11.5 Å². The van der Waals surface area contributed by atoms with Gasteiger partial charge in [0.05, 0.1) is 23.2 Å². The summed E-state index contributed by atoms with van der Waals surface area (Å²) in [5, 5.41) is 0. The lowest BCUT2D eigenvalue weighted by Gasteiger charge is -2.03. The van der Waals surface area contributed by atoms with Gasteiger partial charge < -0.3 is 14.0 Å². The van der Waals surface area contributed by atoms with Crippen LogP contribution in [0.1, 0.15) is 30.9 Å². The van der Waals surface area contributed by atoms with Gasteiger partial charge in [0.2, 0.25) is 6.79 Å². The van der Waals surface area contributed by atoms with E-state index in [-0.39, 0.29) is 19.1 Å². The van der Waals surface area contributed by atoms with Crippen LogP contribution in [-0.2, 0) is 24.2 Å². The summed E-state index contributed by atoms with van der Waals surface area (Å²) in [6.45, 7) is 2.78. The van der Waals surface area contributed by atoms with E-state index >= 15 is 0 Å². The number of hydrogen-bond donors (Lipinski definition) is 0. The first-order valence-electron chi connectivity index (χ1n) is 9.69. The van der Waals surface area contributed by atoms with Crippen LogP contribution in [0.15, 0.2) is 41.4 Å². The second-order valence-corrected chi connectivity index (χ2v) is 7.96. The van der Waals surface area contributed by atoms with Crippen LogP contribution in [0.2, 0.25) is 0 Å². The number of ether oxygens (including phenoxy) is 2. The number of terminal acetylenes is 1. The molecule has 1 aliphatic rings. The third-order valence-electron chi connectivity index (χ3n) is 4.83. The van der Waals surface area contributed by atoms with Crippen molar-refractivity contribution in [1.29, 1.82) is 0 Å². The average molecular weight is 407 g/mol. The van der Waals surface area contributed by atoms with Crippen molar-refractivity contribution in [2.24, 2.45) is 4.99 Å². The molecule has 0 bridgehead atoms. The zero-order chi connectivity index (χ0) is 20.2. The minimum absolute atomic E-state index is 0.197. The molecule has 0 radical (unpaired) electrons. The Morgan fingerprint density at radius 3 is 2.86 bits per heavy atom. The van der Waals surface area contributed by atoms with E-state index in [4.69, 9.17) is 15.9 Å². The molecule has 0 N–H and O–H groups in total. The van der Waals surface area contributed by atoms with Gasteiger partial charge in [-0.3, -0.25) is 4.79 Å². The van der Waals surface area contributed by atoms with Crippen molar-refractivity contribution in [2.75, 3.05) is 6.79 Å². The summed E-state index contributed by atoms with van der Waals surface area (Å²) in [7, 11) is 0. The number of rotatable bonds is 6. The van der Waals surface area contributed by atoms with Crippen molar-refractivity contribution in [3.63, 3.8) is 0 Å². The Balaban J connectivity index is 1.64. The quantitative estimate of drug-likeness (QED) is 0.580. The number of aromatic nitrogens is 1. The van der Waals surface area contributed by atoms with Crippen molar-refractivity contribution in [3.05, 3.63) is 52.3 Å². The molecule has 3 aromatic rings. The normalized spacial score (nSPS) is 13.0. The maximum absolute atomic E-state index is 12.6. The number of hydrogen-bond acceptors (Lipinski definition) is 4. The van der Waals surface area contributed by atoms with Gasteiger partial charge in [-0.25, -0.2) is 0 Å². The molecule has 4 rings (SSSR count). The summed E-state index contributed by atoms with van der Waals surface area (Å²) in [6.07, 6.45) is 9.13. The van der Waals surface area contributed by atoms with Gasteiger partial charge in [-0.2, -0.15) is 4.99 Å². The van der Waals surface area contributed by atoms with Crippen molar-refractivity contribution in [1.82, 2.24) is 4.57 Å². The van der Waals surface area contributed by atoms with Gasteiger partial charge in [0, 0.05) is 0 Å². The number of fused-ring (bicyclic) bond motifs is 2. The highest BCUT2D eigenvalue weighted by molar-refractivity contribution is 7.16. The second-order valence-electron chi connectivity index (χ2n) is 6.95. The van der Waals surface area contributed by atoms with Crippen LogP contribution in [0.3, 0.4) is 0 Å². The molecule has 1 amide bonds. The number of carbonyl (C=O) groups excluding carboxylic acids is 1. The van der Waals surface area contributed by atoms with Gasteiger partial charge >= 0.3 is 0 Å². The van der Waals surface area contributed by atoms with Crippen LogP contribution in [0.25, 0.3) is 10.2 Å². The van der Waals surface area contributed by atoms with E-state index in [9.17, 15) is 4.79 Å². The third-order valence-corrected chi connectivity index (χ3v) is 5.87. The second kappa shape index (κ2) is 8.54. The molecule has 0 fully saturated rings. The predicted molar refractivity (Wildman–Crippen MR) is 114 cm³/mol. The van der Waals surface area contributed by atoms with Crippen molar-refractivity contribution in [3.8, 4) is 23.8 Å². The summed E-state index contributed by atoms with van der Waals surface area (Å²) in [4.78, 5) is 17.6. The molecular formula is C23H22N2O3S. The summed E-state index contributed by atoms with van der Waals surface area (Å²) < 4.78 is 13.7. The topological polar surface area (TPSA) is 52.8 Å². The van der Waals surface area contributed by atoms with Crippen LogP contribution in [0, 0.1) is 12.3 Å². The average Bonchev–Trinajstić information content (AvgIpc) is 3.30.